The molecule has 0 N–H and O–H groups in total. The van der Waals surface area contributed by atoms with Gasteiger partial charge in [-0.15, -0.1) is 0 Å². The molecule has 0 spiro atoms. The highest BCUT2D eigenvalue weighted by Crippen LogP contribution is 2.27. The fraction of sp³-hybridized carbons (Fsp3) is 0.158. The first-order valence-corrected chi connectivity index (χ1v) is 9.03. The third-order valence-corrected chi connectivity index (χ3v) is 4.48. The Kier molecular flexibility index (Phi) is 5.79. The van der Waals surface area contributed by atoms with Crippen molar-refractivity contribution >= 4 is 23.4 Å². The fourth-order valence-electron chi connectivity index (χ4n) is 2.19. The molecule has 0 aliphatic rings. The minimum Gasteiger partial charge on any atom is -0.497 e. The molecule has 0 atom stereocenters. The van der Waals surface area contributed by atoms with Crippen LogP contribution in [0.5, 0.6) is 17.4 Å². The molecule has 0 aliphatic carbocycles. The molecule has 128 valence electrons. The van der Waals surface area contributed by atoms with Gasteiger partial charge in [-0.25, -0.2) is 4.98 Å². The topological polar surface area (TPSA) is 44.2 Å². The van der Waals surface area contributed by atoms with Crippen molar-refractivity contribution in [3.05, 3.63) is 70.9 Å². The first-order valence-electron chi connectivity index (χ1n) is 7.67. The van der Waals surface area contributed by atoms with Crippen molar-refractivity contribution in [2.45, 2.75) is 17.8 Å². The van der Waals surface area contributed by atoms with Gasteiger partial charge in [0.05, 0.1) is 7.11 Å². The van der Waals surface area contributed by atoms with Crippen LogP contribution < -0.4 is 9.47 Å². The van der Waals surface area contributed by atoms with E-state index in [2.05, 4.69) is 9.97 Å². The van der Waals surface area contributed by atoms with Gasteiger partial charge >= 0.3 is 0 Å². The number of rotatable bonds is 6. The number of ether oxygens (including phenoxy) is 2. The van der Waals surface area contributed by atoms with Gasteiger partial charge in [0, 0.05) is 28.6 Å². The SMILES string of the molecule is COc1cccc(Oc2cc(C)nc(SCc3cccc(Cl)c3)n2)c1. The van der Waals surface area contributed by atoms with E-state index in [9.17, 15) is 0 Å². The van der Waals surface area contributed by atoms with Gasteiger partial charge in [-0.05, 0) is 36.8 Å². The van der Waals surface area contributed by atoms with Crippen LogP contribution in [-0.2, 0) is 5.75 Å². The Bertz CT molecular complexity index is 874. The van der Waals surface area contributed by atoms with Crippen molar-refractivity contribution in [2.24, 2.45) is 0 Å². The Hall–Kier alpha value is -2.24. The molecule has 4 nitrogen and oxygen atoms in total. The lowest BCUT2D eigenvalue weighted by molar-refractivity contribution is 0.406. The van der Waals surface area contributed by atoms with E-state index in [1.54, 1.807) is 18.9 Å². The number of nitrogens with zero attached hydrogens (tertiary/aromatic N) is 2. The van der Waals surface area contributed by atoms with Crippen LogP contribution >= 0.6 is 23.4 Å². The summed E-state index contributed by atoms with van der Waals surface area (Å²) in [6.45, 7) is 1.92. The molecule has 3 rings (SSSR count). The number of methoxy groups -OCH3 is 1. The lowest BCUT2D eigenvalue weighted by atomic mass is 10.2. The van der Waals surface area contributed by atoms with Gasteiger partial charge in [-0.1, -0.05) is 41.6 Å². The number of benzene rings is 2. The van der Waals surface area contributed by atoms with Gasteiger partial charge in [0.2, 0.25) is 5.88 Å². The molecule has 2 aromatic carbocycles. The number of hydrogen-bond donors (Lipinski definition) is 0. The molecule has 1 heterocycles. The zero-order valence-corrected chi connectivity index (χ0v) is 15.5. The summed E-state index contributed by atoms with van der Waals surface area (Å²) in [4.78, 5) is 8.94. The average Bonchev–Trinajstić information content (AvgIpc) is 2.60. The van der Waals surface area contributed by atoms with Crippen LogP contribution in [0.3, 0.4) is 0 Å². The molecule has 0 unspecified atom stereocenters. The van der Waals surface area contributed by atoms with E-state index in [-0.39, 0.29) is 0 Å². The first-order chi connectivity index (χ1) is 12.1. The molecule has 0 radical (unpaired) electrons. The molecule has 25 heavy (non-hydrogen) atoms. The van der Waals surface area contributed by atoms with Crippen LogP contribution in [0.1, 0.15) is 11.3 Å². The Morgan fingerprint density at radius 2 is 1.80 bits per heavy atom. The van der Waals surface area contributed by atoms with Gasteiger partial charge < -0.3 is 9.47 Å². The summed E-state index contributed by atoms with van der Waals surface area (Å²) in [5, 5.41) is 1.39. The molecule has 3 aromatic rings. The number of thioether (sulfide) groups is 1. The second-order valence-electron chi connectivity index (χ2n) is 5.33. The highest BCUT2D eigenvalue weighted by atomic mass is 35.5. The van der Waals surface area contributed by atoms with Crippen molar-refractivity contribution in [3.63, 3.8) is 0 Å². The van der Waals surface area contributed by atoms with Crippen molar-refractivity contribution in [2.75, 3.05) is 7.11 Å². The number of halogens is 1. The molecular formula is C19H17ClN2O2S. The van der Waals surface area contributed by atoms with E-state index in [0.717, 1.165) is 27.8 Å². The van der Waals surface area contributed by atoms with Gasteiger partial charge in [0.15, 0.2) is 5.16 Å². The molecule has 0 bridgehead atoms. The molecule has 6 heteroatoms. The second-order valence-corrected chi connectivity index (χ2v) is 6.71. The Labute approximate surface area is 156 Å². The van der Waals surface area contributed by atoms with E-state index in [1.165, 1.54) is 0 Å². The molecule has 0 amide bonds. The predicted octanol–water partition coefficient (Wildman–Crippen LogP) is 5.53. The summed E-state index contributed by atoms with van der Waals surface area (Å²) >= 11 is 7.56. The van der Waals surface area contributed by atoms with Crippen LogP contribution in [0.15, 0.2) is 59.8 Å². The fourth-order valence-corrected chi connectivity index (χ4v) is 3.24. The smallest absolute Gasteiger partial charge is 0.223 e. The van der Waals surface area contributed by atoms with Gasteiger partial charge in [0.1, 0.15) is 11.5 Å². The third-order valence-electron chi connectivity index (χ3n) is 3.33. The Balaban J connectivity index is 1.73. The average molecular weight is 373 g/mol. The summed E-state index contributed by atoms with van der Waals surface area (Å²) in [6, 6.07) is 17.0. The Morgan fingerprint density at radius 3 is 2.60 bits per heavy atom. The standard InChI is InChI=1S/C19H17ClN2O2S/c1-13-9-18(24-17-8-4-7-16(11-17)23-2)22-19(21-13)25-12-14-5-3-6-15(20)10-14/h3-11H,12H2,1-2H3. The zero-order chi connectivity index (χ0) is 17.6. The maximum Gasteiger partial charge on any atom is 0.223 e. The number of aromatic nitrogens is 2. The lowest BCUT2D eigenvalue weighted by Crippen LogP contribution is -1.95. The maximum atomic E-state index is 6.02. The zero-order valence-electron chi connectivity index (χ0n) is 13.9. The lowest BCUT2D eigenvalue weighted by Gasteiger charge is -2.09. The Morgan fingerprint density at radius 1 is 1.00 bits per heavy atom. The molecule has 0 fully saturated rings. The van der Waals surface area contributed by atoms with Crippen molar-refractivity contribution < 1.29 is 9.47 Å². The van der Waals surface area contributed by atoms with Crippen LogP contribution in [-0.4, -0.2) is 17.1 Å². The summed E-state index contributed by atoms with van der Waals surface area (Å²) in [6.07, 6.45) is 0. The predicted molar refractivity (Wildman–Crippen MR) is 101 cm³/mol. The summed E-state index contributed by atoms with van der Waals surface area (Å²) in [5.74, 6) is 2.65. The van der Waals surface area contributed by atoms with Crippen molar-refractivity contribution in [3.8, 4) is 17.4 Å². The summed E-state index contributed by atoms with van der Waals surface area (Å²) in [5.41, 5.74) is 1.97. The van der Waals surface area contributed by atoms with E-state index in [1.807, 2.05) is 61.5 Å². The first kappa shape index (κ1) is 17.6. The van der Waals surface area contributed by atoms with Crippen LogP contribution in [0.25, 0.3) is 0 Å². The van der Waals surface area contributed by atoms with E-state index >= 15 is 0 Å². The second kappa shape index (κ2) is 8.23. The van der Waals surface area contributed by atoms with Crippen molar-refractivity contribution in [1.82, 2.24) is 9.97 Å². The van der Waals surface area contributed by atoms with E-state index in [0.29, 0.717) is 16.8 Å². The molecular weight excluding hydrogens is 356 g/mol. The minimum absolute atomic E-state index is 0.509. The minimum atomic E-state index is 0.509. The molecule has 0 aliphatic heterocycles. The van der Waals surface area contributed by atoms with Gasteiger partial charge in [-0.2, -0.15) is 4.98 Å². The van der Waals surface area contributed by atoms with Gasteiger partial charge in [0.25, 0.3) is 0 Å². The summed E-state index contributed by atoms with van der Waals surface area (Å²) < 4.78 is 11.1. The molecule has 0 saturated heterocycles. The molecule has 1 aromatic heterocycles. The van der Waals surface area contributed by atoms with Crippen LogP contribution in [0.2, 0.25) is 5.02 Å². The largest absolute Gasteiger partial charge is 0.497 e. The molecule has 0 saturated carbocycles. The van der Waals surface area contributed by atoms with Crippen LogP contribution in [0.4, 0.5) is 0 Å². The summed E-state index contributed by atoms with van der Waals surface area (Å²) in [7, 11) is 1.62. The maximum absolute atomic E-state index is 6.02. The third kappa shape index (κ3) is 5.11. The number of hydrogen-bond acceptors (Lipinski definition) is 5. The highest BCUT2D eigenvalue weighted by molar-refractivity contribution is 7.98. The highest BCUT2D eigenvalue weighted by Gasteiger charge is 2.07. The van der Waals surface area contributed by atoms with Crippen molar-refractivity contribution in [1.29, 1.82) is 0 Å². The quantitative estimate of drug-likeness (QED) is 0.420. The monoisotopic (exact) mass is 372 g/mol. The number of aryl methyl sites for hydroxylation is 1. The van der Waals surface area contributed by atoms with E-state index in [4.69, 9.17) is 21.1 Å². The normalized spacial score (nSPS) is 10.5. The van der Waals surface area contributed by atoms with Gasteiger partial charge in [-0.3, -0.25) is 0 Å². The van der Waals surface area contributed by atoms with E-state index < -0.39 is 0 Å². The van der Waals surface area contributed by atoms with Crippen LogP contribution in [0, 0.1) is 6.92 Å².